The zero-order chi connectivity index (χ0) is 11.3. The van der Waals surface area contributed by atoms with E-state index in [9.17, 15) is 0 Å². The van der Waals surface area contributed by atoms with Crippen molar-refractivity contribution < 1.29 is 4.74 Å². The summed E-state index contributed by atoms with van der Waals surface area (Å²) < 4.78 is 7.40. The summed E-state index contributed by atoms with van der Waals surface area (Å²) in [6, 6.07) is 4.34. The number of methoxy groups -OCH3 is 1. The van der Waals surface area contributed by atoms with Gasteiger partial charge in [-0.25, -0.2) is 0 Å². The maximum Gasteiger partial charge on any atom is 0.0589 e. The van der Waals surface area contributed by atoms with Crippen LogP contribution >= 0.6 is 0 Å². The fourth-order valence-electron chi connectivity index (χ4n) is 1.68. The van der Waals surface area contributed by atoms with E-state index in [1.165, 1.54) is 11.4 Å². The number of rotatable bonds is 6. The van der Waals surface area contributed by atoms with E-state index in [2.05, 4.69) is 42.5 Å². The van der Waals surface area contributed by atoms with Crippen LogP contribution in [0.5, 0.6) is 0 Å². The van der Waals surface area contributed by atoms with Crippen molar-refractivity contribution in [3.63, 3.8) is 0 Å². The van der Waals surface area contributed by atoms with E-state index in [0.717, 1.165) is 26.2 Å². The first-order valence-electron chi connectivity index (χ1n) is 5.45. The summed E-state index contributed by atoms with van der Waals surface area (Å²) >= 11 is 0. The Labute approximate surface area is 92.6 Å². The van der Waals surface area contributed by atoms with Crippen molar-refractivity contribution in [1.82, 2.24) is 9.47 Å². The fourth-order valence-corrected chi connectivity index (χ4v) is 1.68. The molecule has 0 saturated heterocycles. The molecule has 0 unspecified atom stereocenters. The average Bonchev–Trinajstić information content (AvgIpc) is 2.53. The van der Waals surface area contributed by atoms with Crippen LogP contribution in [0.25, 0.3) is 0 Å². The number of hydrogen-bond donors (Lipinski definition) is 0. The highest BCUT2D eigenvalue weighted by Gasteiger charge is 2.02. The van der Waals surface area contributed by atoms with Gasteiger partial charge in [0.2, 0.25) is 0 Å². The maximum atomic E-state index is 5.05. The standard InChI is InChI=1S/C12H22N2O/c1-11-5-6-12(2)14(11)8-7-13(3)9-10-15-4/h5-6H,7-10H2,1-4H3. The van der Waals surface area contributed by atoms with Crippen LogP contribution in [0.4, 0.5) is 0 Å². The zero-order valence-corrected chi connectivity index (χ0v) is 10.3. The molecule has 1 rings (SSSR count). The molecule has 0 aliphatic rings. The Kier molecular flexibility index (Phi) is 4.85. The first-order valence-corrected chi connectivity index (χ1v) is 5.45. The smallest absolute Gasteiger partial charge is 0.0589 e. The van der Waals surface area contributed by atoms with E-state index in [1.807, 2.05) is 0 Å². The van der Waals surface area contributed by atoms with Gasteiger partial charge >= 0.3 is 0 Å². The first kappa shape index (κ1) is 12.3. The van der Waals surface area contributed by atoms with Crippen LogP contribution in [-0.4, -0.2) is 43.3 Å². The summed E-state index contributed by atoms with van der Waals surface area (Å²) in [5.74, 6) is 0. The van der Waals surface area contributed by atoms with E-state index in [4.69, 9.17) is 4.74 Å². The summed E-state index contributed by atoms with van der Waals surface area (Å²) in [5, 5.41) is 0. The van der Waals surface area contributed by atoms with Crippen molar-refractivity contribution in [2.45, 2.75) is 20.4 Å². The predicted molar refractivity (Wildman–Crippen MR) is 63.3 cm³/mol. The first-order chi connectivity index (χ1) is 7.15. The molecule has 0 saturated carbocycles. The molecule has 3 nitrogen and oxygen atoms in total. The van der Waals surface area contributed by atoms with Gasteiger partial charge in [0.15, 0.2) is 0 Å². The van der Waals surface area contributed by atoms with Gasteiger partial charge in [0, 0.05) is 38.1 Å². The Morgan fingerprint density at radius 1 is 1.20 bits per heavy atom. The minimum Gasteiger partial charge on any atom is -0.383 e. The number of aryl methyl sites for hydroxylation is 2. The Hall–Kier alpha value is -0.800. The van der Waals surface area contributed by atoms with Gasteiger partial charge in [-0.1, -0.05) is 0 Å². The summed E-state index contributed by atoms with van der Waals surface area (Å²) in [4.78, 5) is 2.29. The van der Waals surface area contributed by atoms with Crippen LogP contribution in [0.2, 0.25) is 0 Å². The molecule has 3 heteroatoms. The molecule has 1 aromatic heterocycles. The van der Waals surface area contributed by atoms with Crippen LogP contribution in [0.3, 0.4) is 0 Å². The van der Waals surface area contributed by atoms with Gasteiger partial charge in [0.1, 0.15) is 0 Å². The summed E-state index contributed by atoms with van der Waals surface area (Å²) in [5.41, 5.74) is 2.68. The Morgan fingerprint density at radius 2 is 1.80 bits per heavy atom. The number of ether oxygens (including phenoxy) is 1. The van der Waals surface area contributed by atoms with Gasteiger partial charge < -0.3 is 14.2 Å². The summed E-state index contributed by atoms with van der Waals surface area (Å²) in [6.45, 7) is 8.24. The number of likely N-dealkylation sites (N-methyl/N-ethyl adjacent to an activating group) is 1. The van der Waals surface area contributed by atoms with Crippen molar-refractivity contribution in [3.8, 4) is 0 Å². The van der Waals surface area contributed by atoms with Crippen LogP contribution < -0.4 is 0 Å². The van der Waals surface area contributed by atoms with Crippen molar-refractivity contribution in [2.24, 2.45) is 0 Å². The highest BCUT2D eigenvalue weighted by atomic mass is 16.5. The van der Waals surface area contributed by atoms with Crippen molar-refractivity contribution >= 4 is 0 Å². The molecular formula is C12H22N2O. The highest BCUT2D eigenvalue weighted by molar-refractivity contribution is 5.13. The summed E-state index contributed by atoms with van der Waals surface area (Å²) in [7, 11) is 3.88. The lowest BCUT2D eigenvalue weighted by Crippen LogP contribution is -2.27. The molecule has 0 bridgehead atoms. The average molecular weight is 210 g/mol. The molecule has 1 aromatic rings. The lowest BCUT2D eigenvalue weighted by molar-refractivity contribution is 0.159. The zero-order valence-electron chi connectivity index (χ0n) is 10.3. The van der Waals surface area contributed by atoms with E-state index < -0.39 is 0 Å². The number of hydrogen-bond acceptors (Lipinski definition) is 2. The van der Waals surface area contributed by atoms with Crippen molar-refractivity contribution in [3.05, 3.63) is 23.5 Å². The molecule has 0 spiro atoms. The monoisotopic (exact) mass is 210 g/mol. The van der Waals surface area contributed by atoms with Crippen LogP contribution in [-0.2, 0) is 11.3 Å². The molecule has 0 amide bonds. The van der Waals surface area contributed by atoms with E-state index in [0.29, 0.717) is 0 Å². The molecule has 0 fully saturated rings. The third-order valence-corrected chi connectivity index (χ3v) is 2.80. The van der Waals surface area contributed by atoms with Crippen molar-refractivity contribution in [2.75, 3.05) is 33.9 Å². The van der Waals surface area contributed by atoms with Crippen LogP contribution in [0.1, 0.15) is 11.4 Å². The lowest BCUT2D eigenvalue weighted by Gasteiger charge is -2.18. The molecule has 15 heavy (non-hydrogen) atoms. The van der Waals surface area contributed by atoms with E-state index in [-0.39, 0.29) is 0 Å². The molecule has 0 N–H and O–H groups in total. The maximum absolute atomic E-state index is 5.05. The Morgan fingerprint density at radius 3 is 2.33 bits per heavy atom. The van der Waals surface area contributed by atoms with Crippen LogP contribution in [0.15, 0.2) is 12.1 Å². The summed E-state index contributed by atoms with van der Waals surface area (Å²) in [6.07, 6.45) is 0. The Bertz CT molecular complexity index is 274. The molecule has 0 radical (unpaired) electrons. The molecule has 0 atom stereocenters. The second-order valence-electron chi connectivity index (χ2n) is 4.06. The van der Waals surface area contributed by atoms with Gasteiger partial charge in [0.05, 0.1) is 6.61 Å². The fraction of sp³-hybridized carbons (Fsp3) is 0.667. The van der Waals surface area contributed by atoms with Crippen molar-refractivity contribution in [1.29, 1.82) is 0 Å². The SMILES string of the molecule is COCCN(C)CCn1c(C)ccc1C. The quantitative estimate of drug-likeness (QED) is 0.711. The molecule has 0 aliphatic carbocycles. The topological polar surface area (TPSA) is 17.4 Å². The highest BCUT2D eigenvalue weighted by Crippen LogP contribution is 2.06. The number of nitrogens with zero attached hydrogens (tertiary/aromatic N) is 2. The minimum atomic E-state index is 0.806. The molecule has 0 aromatic carbocycles. The minimum absolute atomic E-state index is 0.806. The van der Waals surface area contributed by atoms with Gasteiger partial charge in [-0.05, 0) is 33.0 Å². The molecule has 1 heterocycles. The third-order valence-electron chi connectivity index (χ3n) is 2.80. The van der Waals surface area contributed by atoms with Gasteiger partial charge in [-0.15, -0.1) is 0 Å². The normalized spacial score (nSPS) is 11.3. The lowest BCUT2D eigenvalue weighted by atomic mass is 10.4. The molecule has 0 aliphatic heterocycles. The second kappa shape index (κ2) is 5.93. The largest absolute Gasteiger partial charge is 0.383 e. The van der Waals surface area contributed by atoms with Gasteiger partial charge in [0.25, 0.3) is 0 Å². The predicted octanol–water partition coefficient (Wildman–Crippen LogP) is 1.68. The molecule has 86 valence electrons. The number of aromatic nitrogens is 1. The van der Waals surface area contributed by atoms with Gasteiger partial charge in [-0.2, -0.15) is 0 Å². The third kappa shape index (κ3) is 3.68. The second-order valence-corrected chi connectivity index (χ2v) is 4.06. The molecular weight excluding hydrogens is 188 g/mol. The van der Waals surface area contributed by atoms with Gasteiger partial charge in [-0.3, -0.25) is 0 Å². The van der Waals surface area contributed by atoms with E-state index in [1.54, 1.807) is 7.11 Å². The van der Waals surface area contributed by atoms with E-state index >= 15 is 0 Å². The Balaban J connectivity index is 2.36. The van der Waals surface area contributed by atoms with Crippen LogP contribution in [0, 0.1) is 13.8 Å².